The summed E-state index contributed by atoms with van der Waals surface area (Å²) in [6.45, 7) is 1.85. The van der Waals surface area contributed by atoms with Gasteiger partial charge in [-0.2, -0.15) is 4.98 Å². The van der Waals surface area contributed by atoms with Crippen molar-refractivity contribution >= 4 is 9.24 Å². The summed E-state index contributed by atoms with van der Waals surface area (Å²) in [5, 5.41) is 12.0. The first-order chi connectivity index (χ1) is 11.1. The molecule has 0 radical (unpaired) electrons. The standard InChI is InChI=1S/C15H18N5O2P/c1-15(16,9-23)14-19-18-12(21-14)8-7-11-17-13(20-22-11)10-5-3-2-4-6-10/h2-6H,7-9,16,23H2,1H3/t15-/m1/s1. The van der Waals surface area contributed by atoms with E-state index in [1.54, 1.807) is 0 Å². The summed E-state index contributed by atoms with van der Waals surface area (Å²) in [6.07, 6.45) is 1.69. The van der Waals surface area contributed by atoms with Crippen LogP contribution in [0.15, 0.2) is 39.3 Å². The van der Waals surface area contributed by atoms with Crippen molar-refractivity contribution in [3.63, 3.8) is 0 Å². The Balaban J connectivity index is 1.64. The smallest absolute Gasteiger partial charge is 0.236 e. The molecule has 8 heteroatoms. The lowest BCUT2D eigenvalue weighted by Crippen LogP contribution is -2.35. The number of aromatic nitrogens is 4. The van der Waals surface area contributed by atoms with Gasteiger partial charge in [0.2, 0.25) is 23.5 Å². The molecule has 0 fully saturated rings. The summed E-state index contributed by atoms with van der Waals surface area (Å²) in [4.78, 5) is 4.37. The minimum Gasteiger partial charge on any atom is -0.423 e. The monoisotopic (exact) mass is 331 g/mol. The van der Waals surface area contributed by atoms with Gasteiger partial charge in [-0.05, 0) is 13.1 Å². The van der Waals surface area contributed by atoms with Crippen molar-refractivity contribution in [3.05, 3.63) is 48.0 Å². The summed E-state index contributed by atoms with van der Waals surface area (Å²) in [6, 6.07) is 9.67. The van der Waals surface area contributed by atoms with Gasteiger partial charge in [-0.3, -0.25) is 0 Å². The van der Waals surface area contributed by atoms with E-state index < -0.39 is 5.54 Å². The molecule has 0 spiro atoms. The Morgan fingerprint density at radius 2 is 1.87 bits per heavy atom. The van der Waals surface area contributed by atoms with Crippen LogP contribution in [-0.2, 0) is 18.4 Å². The van der Waals surface area contributed by atoms with E-state index in [0.29, 0.717) is 42.5 Å². The molecule has 3 rings (SSSR count). The Kier molecular flexibility index (Phi) is 4.50. The lowest BCUT2D eigenvalue weighted by Gasteiger charge is -2.16. The first kappa shape index (κ1) is 15.8. The molecule has 3 aromatic rings. The topological polar surface area (TPSA) is 104 Å². The van der Waals surface area contributed by atoms with E-state index in [0.717, 1.165) is 5.56 Å². The van der Waals surface area contributed by atoms with Crippen LogP contribution in [-0.4, -0.2) is 26.5 Å². The van der Waals surface area contributed by atoms with Crippen molar-refractivity contribution in [1.82, 2.24) is 20.3 Å². The van der Waals surface area contributed by atoms with Crippen LogP contribution < -0.4 is 5.73 Å². The molecule has 1 unspecified atom stereocenters. The van der Waals surface area contributed by atoms with E-state index in [-0.39, 0.29) is 0 Å². The molecular formula is C15H18N5O2P. The zero-order chi connectivity index (χ0) is 16.3. The highest BCUT2D eigenvalue weighted by Gasteiger charge is 2.26. The van der Waals surface area contributed by atoms with Crippen LogP contribution in [0.4, 0.5) is 0 Å². The summed E-state index contributed by atoms with van der Waals surface area (Å²) in [5.74, 6) is 2.04. The van der Waals surface area contributed by atoms with Crippen molar-refractivity contribution in [1.29, 1.82) is 0 Å². The Bertz CT molecular complexity index is 769. The van der Waals surface area contributed by atoms with E-state index >= 15 is 0 Å². The van der Waals surface area contributed by atoms with Gasteiger partial charge in [-0.25, -0.2) is 0 Å². The molecule has 2 N–H and O–H groups in total. The highest BCUT2D eigenvalue weighted by atomic mass is 31.0. The van der Waals surface area contributed by atoms with E-state index in [1.165, 1.54) is 0 Å². The predicted octanol–water partition coefficient (Wildman–Crippen LogP) is 1.95. The maximum Gasteiger partial charge on any atom is 0.236 e. The molecule has 1 aromatic carbocycles. The van der Waals surface area contributed by atoms with Crippen molar-refractivity contribution in [2.24, 2.45) is 5.73 Å². The van der Waals surface area contributed by atoms with Gasteiger partial charge in [-0.15, -0.1) is 19.4 Å². The summed E-state index contributed by atoms with van der Waals surface area (Å²) < 4.78 is 10.9. The Hall–Kier alpha value is -2.11. The zero-order valence-electron chi connectivity index (χ0n) is 12.8. The maximum atomic E-state index is 6.07. The molecule has 2 aromatic heterocycles. The van der Waals surface area contributed by atoms with Crippen LogP contribution in [0.2, 0.25) is 0 Å². The molecule has 0 bridgehead atoms. The summed E-state index contributed by atoms with van der Waals surface area (Å²) in [5.41, 5.74) is 6.35. The minimum atomic E-state index is -0.638. The van der Waals surface area contributed by atoms with Crippen LogP contribution >= 0.6 is 9.24 Å². The number of nitrogens with zero attached hydrogens (tertiary/aromatic N) is 4. The number of nitrogens with two attached hydrogens (primary N) is 1. The van der Waals surface area contributed by atoms with Crippen LogP contribution in [0.5, 0.6) is 0 Å². The molecule has 0 aliphatic heterocycles. The quantitative estimate of drug-likeness (QED) is 0.688. The van der Waals surface area contributed by atoms with Crippen molar-refractivity contribution in [2.45, 2.75) is 25.3 Å². The third-order valence-electron chi connectivity index (χ3n) is 3.43. The maximum absolute atomic E-state index is 6.07. The van der Waals surface area contributed by atoms with Gasteiger partial charge >= 0.3 is 0 Å². The fourth-order valence-electron chi connectivity index (χ4n) is 1.95. The van der Waals surface area contributed by atoms with Crippen molar-refractivity contribution < 1.29 is 8.94 Å². The van der Waals surface area contributed by atoms with E-state index in [1.807, 2.05) is 37.3 Å². The number of hydrogen-bond acceptors (Lipinski definition) is 7. The van der Waals surface area contributed by atoms with Crippen LogP contribution in [0.25, 0.3) is 11.4 Å². The highest BCUT2D eigenvalue weighted by molar-refractivity contribution is 7.16. The second-order valence-corrected chi connectivity index (χ2v) is 5.91. The largest absolute Gasteiger partial charge is 0.423 e. The molecule has 2 atom stereocenters. The Labute approximate surface area is 135 Å². The van der Waals surface area contributed by atoms with Gasteiger partial charge in [-0.1, -0.05) is 35.5 Å². The minimum absolute atomic E-state index is 0.429. The molecular weight excluding hydrogens is 313 g/mol. The Morgan fingerprint density at radius 1 is 1.13 bits per heavy atom. The van der Waals surface area contributed by atoms with Gasteiger partial charge in [0.1, 0.15) is 0 Å². The van der Waals surface area contributed by atoms with Gasteiger partial charge in [0.15, 0.2) is 0 Å². The molecule has 0 saturated heterocycles. The molecule has 0 aliphatic rings. The van der Waals surface area contributed by atoms with Crippen molar-refractivity contribution in [2.75, 3.05) is 6.16 Å². The second kappa shape index (κ2) is 6.56. The summed E-state index contributed by atoms with van der Waals surface area (Å²) >= 11 is 0. The number of hydrogen-bond donors (Lipinski definition) is 1. The predicted molar refractivity (Wildman–Crippen MR) is 87.6 cm³/mol. The molecule has 23 heavy (non-hydrogen) atoms. The van der Waals surface area contributed by atoms with Gasteiger partial charge < -0.3 is 14.7 Å². The average Bonchev–Trinajstić information content (AvgIpc) is 3.23. The van der Waals surface area contributed by atoms with Crippen LogP contribution in [0, 0.1) is 0 Å². The van der Waals surface area contributed by atoms with Crippen LogP contribution in [0.3, 0.4) is 0 Å². The highest BCUT2D eigenvalue weighted by Crippen LogP contribution is 2.19. The molecule has 0 amide bonds. The third-order valence-corrected chi connectivity index (χ3v) is 4.28. The second-order valence-electron chi connectivity index (χ2n) is 5.50. The first-order valence-corrected chi connectivity index (χ1v) is 8.10. The molecule has 120 valence electrons. The van der Waals surface area contributed by atoms with Gasteiger partial charge in [0.05, 0.1) is 5.54 Å². The third kappa shape index (κ3) is 3.63. The fourth-order valence-corrected chi connectivity index (χ4v) is 2.12. The van der Waals surface area contributed by atoms with E-state index in [4.69, 9.17) is 14.7 Å². The van der Waals surface area contributed by atoms with Gasteiger partial charge in [0, 0.05) is 18.4 Å². The lowest BCUT2D eigenvalue weighted by molar-refractivity contribution is 0.351. The molecule has 2 heterocycles. The first-order valence-electron chi connectivity index (χ1n) is 7.28. The normalized spacial score (nSPS) is 13.9. The zero-order valence-corrected chi connectivity index (χ0v) is 13.9. The lowest BCUT2D eigenvalue weighted by atomic mass is 10.1. The van der Waals surface area contributed by atoms with Gasteiger partial charge in [0.25, 0.3) is 0 Å². The average molecular weight is 331 g/mol. The molecule has 7 nitrogen and oxygen atoms in total. The van der Waals surface area contributed by atoms with E-state index in [2.05, 4.69) is 29.6 Å². The van der Waals surface area contributed by atoms with Crippen LogP contribution in [0.1, 0.15) is 24.6 Å². The van der Waals surface area contributed by atoms with E-state index in [9.17, 15) is 0 Å². The summed E-state index contributed by atoms with van der Waals surface area (Å²) in [7, 11) is 2.58. The number of aryl methyl sites for hydroxylation is 2. The molecule has 0 aliphatic carbocycles. The Morgan fingerprint density at radius 3 is 2.61 bits per heavy atom. The number of rotatable bonds is 6. The molecule has 0 saturated carbocycles. The van der Waals surface area contributed by atoms with Crippen molar-refractivity contribution in [3.8, 4) is 11.4 Å². The number of benzene rings is 1. The SMILES string of the molecule is C[C@@](N)(CP)c1nnc(CCc2nc(-c3ccccc3)no2)o1. The fraction of sp³-hybridized carbons (Fsp3) is 0.333.